The van der Waals surface area contributed by atoms with Crippen molar-refractivity contribution in [3.8, 4) is 0 Å². The molecule has 1 heterocycles. The van der Waals surface area contributed by atoms with Gasteiger partial charge in [0.15, 0.2) is 0 Å². The molecule has 0 aromatic carbocycles. The summed E-state index contributed by atoms with van der Waals surface area (Å²) in [5, 5.41) is 5.71. The highest BCUT2D eigenvalue weighted by Gasteiger charge is 2.28. The highest BCUT2D eigenvalue weighted by Crippen LogP contribution is 2.19. The maximum atomic E-state index is 11.8. The molecule has 8 heteroatoms. The van der Waals surface area contributed by atoms with Gasteiger partial charge in [-0.15, -0.1) is 0 Å². The van der Waals surface area contributed by atoms with Gasteiger partial charge in [-0.3, -0.25) is 9.89 Å². The molecule has 15 heavy (non-hydrogen) atoms. The van der Waals surface area contributed by atoms with Crippen LogP contribution in [0.25, 0.3) is 0 Å². The van der Waals surface area contributed by atoms with Gasteiger partial charge in [0.2, 0.25) is 5.82 Å². The van der Waals surface area contributed by atoms with Gasteiger partial charge in [0.05, 0.1) is 6.42 Å². The van der Waals surface area contributed by atoms with Gasteiger partial charge in [-0.25, -0.2) is 4.98 Å². The quantitative estimate of drug-likeness (QED) is 0.823. The molecular weight excluding hydrogens is 213 g/mol. The van der Waals surface area contributed by atoms with Gasteiger partial charge in [-0.05, 0) is 0 Å². The van der Waals surface area contributed by atoms with Gasteiger partial charge >= 0.3 is 6.18 Å². The minimum absolute atomic E-state index is 0.0697. The van der Waals surface area contributed by atoms with Crippen molar-refractivity contribution < 1.29 is 18.0 Å². The highest BCUT2D eigenvalue weighted by molar-refractivity contribution is 5.90. The molecule has 5 nitrogen and oxygen atoms in total. The van der Waals surface area contributed by atoms with Crippen LogP contribution in [0.2, 0.25) is 0 Å². The zero-order valence-corrected chi connectivity index (χ0v) is 7.88. The summed E-state index contributed by atoms with van der Waals surface area (Å²) in [4.78, 5) is 15.8. The highest BCUT2D eigenvalue weighted by atomic mass is 19.4. The van der Waals surface area contributed by atoms with Gasteiger partial charge in [0.25, 0.3) is 5.91 Å². The zero-order valence-electron chi connectivity index (χ0n) is 7.88. The molecule has 84 valence electrons. The molecule has 1 N–H and O–H groups in total. The second kappa shape index (κ2) is 4.28. The lowest BCUT2D eigenvalue weighted by Crippen LogP contribution is -2.31. The number of nitrogens with one attached hydrogen (secondary N) is 1. The molecule has 0 saturated heterocycles. The molecule has 0 aliphatic heterocycles. The van der Waals surface area contributed by atoms with Crippen LogP contribution in [0.15, 0.2) is 6.33 Å². The maximum Gasteiger partial charge on any atom is 0.390 e. The Bertz CT molecular complexity index is 321. The summed E-state index contributed by atoms with van der Waals surface area (Å²) >= 11 is 0. The van der Waals surface area contributed by atoms with Gasteiger partial charge < -0.3 is 4.90 Å². The number of aromatic amines is 1. The van der Waals surface area contributed by atoms with E-state index in [0.29, 0.717) is 0 Å². The molecular formula is C7H9F3N4O. The van der Waals surface area contributed by atoms with E-state index in [1.54, 1.807) is 0 Å². The molecule has 0 unspecified atom stereocenters. The van der Waals surface area contributed by atoms with Gasteiger partial charge in [-0.1, -0.05) is 0 Å². The molecule has 0 fully saturated rings. The molecule has 1 aromatic heterocycles. The number of halogens is 3. The SMILES string of the molecule is CN(CCC(F)(F)F)C(=O)c1ncn[nH]1. The second-order valence-corrected chi connectivity index (χ2v) is 2.93. The molecule has 0 bridgehead atoms. The lowest BCUT2D eigenvalue weighted by atomic mass is 10.3. The Hall–Kier alpha value is -1.60. The van der Waals surface area contributed by atoms with Crippen LogP contribution in [0, 0.1) is 0 Å². The first-order valence-corrected chi connectivity index (χ1v) is 4.08. The normalized spacial score (nSPS) is 11.5. The first-order chi connectivity index (χ1) is 6.90. The summed E-state index contributed by atoms with van der Waals surface area (Å²) in [5.41, 5.74) is 0. The number of carbonyl (C=O) groups excluding carboxylic acids is 1. The number of amides is 1. The van der Waals surface area contributed by atoms with E-state index < -0.39 is 25.0 Å². The summed E-state index contributed by atoms with van der Waals surface area (Å²) in [6, 6.07) is 0. The number of alkyl halides is 3. The van der Waals surface area contributed by atoms with E-state index in [1.807, 2.05) is 0 Å². The molecule has 0 radical (unpaired) electrons. The largest absolute Gasteiger partial charge is 0.390 e. The predicted octanol–water partition coefficient (Wildman–Crippen LogP) is 0.829. The fourth-order valence-electron chi connectivity index (χ4n) is 0.885. The first kappa shape index (κ1) is 11.5. The van der Waals surface area contributed by atoms with Gasteiger partial charge in [0.1, 0.15) is 6.33 Å². The minimum Gasteiger partial charge on any atom is -0.339 e. The van der Waals surface area contributed by atoms with Gasteiger partial charge in [-0.2, -0.15) is 18.3 Å². The lowest BCUT2D eigenvalue weighted by Gasteiger charge is -2.16. The van der Waals surface area contributed by atoms with E-state index in [1.165, 1.54) is 7.05 Å². The number of hydrogen-bond acceptors (Lipinski definition) is 3. The molecule has 1 amide bonds. The Morgan fingerprint density at radius 2 is 2.27 bits per heavy atom. The fraction of sp³-hybridized carbons (Fsp3) is 0.571. The Kier molecular flexibility index (Phi) is 3.28. The average molecular weight is 222 g/mol. The van der Waals surface area contributed by atoms with Crippen LogP contribution in [0.5, 0.6) is 0 Å². The topological polar surface area (TPSA) is 61.9 Å². The molecule has 0 saturated carbocycles. The number of nitrogens with zero attached hydrogens (tertiary/aromatic N) is 3. The van der Waals surface area contributed by atoms with Crippen LogP contribution in [0.3, 0.4) is 0 Å². The van der Waals surface area contributed by atoms with Crippen LogP contribution >= 0.6 is 0 Å². The van der Waals surface area contributed by atoms with Crippen LogP contribution in [-0.4, -0.2) is 45.8 Å². The van der Waals surface area contributed by atoms with Crippen molar-refractivity contribution in [3.63, 3.8) is 0 Å². The summed E-state index contributed by atoms with van der Waals surface area (Å²) in [7, 11) is 1.27. The maximum absolute atomic E-state index is 11.8. The second-order valence-electron chi connectivity index (χ2n) is 2.93. The zero-order chi connectivity index (χ0) is 11.5. The van der Waals surface area contributed by atoms with Crippen LogP contribution < -0.4 is 0 Å². The Morgan fingerprint density at radius 1 is 1.60 bits per heavy atom. The van der Waals surface area contributed by atoms with E-state index in [0.717, 1.165) is 11.2 Å². The minimum atomic E-state index is -4.27. The van der Waals surface area contributed by atoms with Crippen molar-refractivity contribution in [1.82, 2.24) is 20.1 Å². The Labute approximate surface area is 83.3 Å². The van der Waals surface area contributed by atoms with Gasteiger partial charge in [0, 0.05) is 13.6 Å². The van der Waals surface area contributed by atoms with E-state index >= 15 is 0 Å². The third-order valence-electron chi connectivity index (χ3n) is 1.69. The van der Waals surface area contributed by atoms with Crippen LogP contribution in [0.4, 0.5) is 13.2 Å². The molecule has 0 atom stereocenters. The standard InChI is InChI=1S/C7H9F3N4O/c1-14(3-2-7(8,9)10)6(15)5-11-4-12-13-5/h4H,2-3H2,1H3,(H,11,12,13). The van der Waals surface area contributed by atoms with E-state index in [9.17, 15) is 18.0 Å². The van der Waals surface area contributed by atoms with E-state index in [2.05, 4.69) is 15.2 Å². The molecule has 1 rings (SSSR count). The smallest absolute Gasteiger partial charge is 0.339 e. The van der Waals surface area contributed by atoms with Crippen LogP contribution in [-0.2, 0) is 0 Å². The summed E-state index contributed by atoms with van der Waals surface area (Å²) in [6.45, 7) is -0.400. The van der Waals surface area contributed by atoms with Crippen molar-refractivity contribution in [3.05, 3.63) is 12.2 Å². The number of hydrogen-bond donors (Lipinski definition) is 1. The van der Waals surface area contributed by atoms with Crippen molar-refractivity contribution >= 4 is 5.91 Å². The third-order valence-corrected chi connectivity index (χ3v) is 1.69. The van der Waals surface area contributed by atoms with Crippen molar-refractivity contribution in [1.29, 1.82) is 0 Å². The third kappa shape index (κ3) is 3.56. The fourth-order valence-corrected chi connectivity index (χ4v) is 0.885. The van der Waals surface area contributed by atoms with E-state index in [4.69, 9.17) is 0 Å². The molecule has 0 aliphatic rings. The number of aromatic nitrogens is 3. The lowest BCUT2D eigenvalue weighted by molar-refractivity contribution is -0.136. The Morgan fingerprint density at radius 3 is 2.73 bits per heavy atom. The number of carbonyl (C=O) groups is 1. The van der Waals surface area contributed by atoms with Crippen molar-refractivity contribution in [2.45, 2.75) is 12.6 Å². The molecule has 1 aromatic rings. The Balaban J connectivity index is 2.48. The number of H-pyrrole nitrogens is 1. The summed E-state index contributed by atoms with van der Waals surface area (Å²) in [6.07, 6.45) is -4.19. The predicted molar refractivity (Wildman–Crippen MR) is 44.0 cm³/mol. The van der Waals surface area contributed by atoms with E-state index in [-0.39, 0.29) is 5.82 Å². The first-order valence-electron chi connectivity index (χ1n) is 4.08. The monoisotopic (exact) mass is 222 g/mol. The molecule has 0 spiro atoms. The number of rotatable bonds is 3. The van der Waals surface area contributed by atoms with Crippen LogP contribution in [0.1, 0.15) is 17.0 Å². The summed E-state index contributed by atoms with van der Waals surface area (Å²) in [5.74, 6) is -0.684. The summed E-state index contributed by atoms with van der Waals surface area (Å²) < 4.78 is 35.5. The average Bonchev–Trinajstić information content (AvgIpc) is 2.64. The van der Waals surface area contributed by atoms with Crippen molar-refractivity contribution in [2.24, 2.45) is 0 Å². The van der Waals surface area contributed by atoms with Crippen molar-refractivity contribution in [2.75, 3.05) is 13.6 Å². The molecule has 0 aliphatic carbocycles.